The first-order valence-electron chi connectivity index (χ1n) is 9.99. The number of halogens is 1. The minimum absolute atomic E-state index is 0.0525. The summed E-state index contributed by atoms with van der Waals surface area (Å²) in [4.78, 5) is 48.2. The summed E-state index contributed by atoms with van der Waals surface area (Å²) in [7, 11) is 0. The van der Waals surface area contributed by atoms with Crippen LogP contribution in [0, 0.1) is 11.8 Å². The van der Waals surface area contributed by atoms with Gasteiger partial charge in [-0.15, -0.1) is 11.8 Å². The standard InChI is InChI=1S/C23H21ClN2O6S/c24-19-9-8-14(11-18(19)23(31)32)25-20(27)12-33-15-5-3-4-13(10-15)26-21(28)16-6-1-2-7-17(16)22(29)30/h1-5,8-11,16-17H,6-7,12H2,(H,25,27)(H,26,28)(H,29,30)(H,31,32). The summed E-state index contributed by atoms with van der Waals surface area (Å²) in [6.07, 6.45) is 4.28. The summed E-state index contributed by atoms with van der Waals surface area (Å²) < 4.78 is 0. The van der Waals surface area contributed by atoms with Crippen molar-refractivity contribution in [3.63, 3.8) is 0 Å². The summed E-state index contributed by atoms with van der Waals surface area (Å²) in [5.74, 6) is -4.24. The Labute approximate surface area is 199 Å². The fourth-order valence-electron chi connectivity index (χ4n) is 3.39. The van der Waals surface area contributed by atoms with E-state index >= 15 is 0 Å². The molecule has 3 rings (SSSR count). The second-order valence-electron chi connectivity index (χ2n) is 7.35. The van der Waals surface area contributed by atoms with Crippen LogP contribution in [0.5, 0.6) is 0 Å². The number of nitrogens with one attached hydrogen (secondary N) is 2. The fourth-order valence-corrected chi connectivity index (χ4v) is 4.34. The van der Waals surface area contributed by atoms with E-state index in [1.807, 2.05) is 6.08 Å². The molecule has 2 aromatic carbocycles. The number of carboxylic acids is 2. The zero-order valence-corrected chi connectivity index (χ0v) is 18.9. The molecule has 33 heavy (non-hydrogen) atoms. The molecule has 0 bridgehead atoms. The minimum atomic E-state index is -1.19. The van der Waals surface area contributed by atoms with Gasteiger partial charge in [0.25, 0.3) is 0 Å². The van der Waals surface area contributed by atoms with Gasteiger partial charge in [-0.3, -0.25) is 14.4 Å². The molecule has 2 unspecified atom stereocenters. The highest BCUT2D eigenvalue weighted by Gasteiger charge is 2.33. The zero-order valence-electron chi connectivity index (χ0n) is 17.3. The van der Waals surface area contributed by atoms with Gasteiger partial charge in [0.15, 0.2) is 0 Å². The van der Waals surface area contributed by atoms with Crippen molar-refractivity contribution in [3.8, 4) is 0 Å². The molecular formula is C23H21ClN2O6S. The van der Waals surface area contributed by atoms with Crippen LogP contribution in [0.3, 0.4) is 0 Å². The van der Waals surface area contributed by atoms with Gasteiger partial charge < -0.3 is 20.8 Å². The van der Waals surface area contributed by atoms with Crippen molar-refractivity contribution >= 4 is 58.5 Å². The lowest BCUT2D eigenvalue weighted by Gasteiger charge is -2.24. The molecule has 0 fully saturated rings. The van der Waals surface area contributed by atoms with Crippen LogP contribution < -0.4 is 10.6 Å². The summed E-state index contributed by atoms with van der Waals surface area (Å²) in [5.41, 5.74) is 0.718. The predicted octanol–water partition coefficient (Wildman–Crippen LogP) is 4.37. The number of anilines is 2. The van der Waals surface area contributed by atoms with E-state index in [4.69, 9.17) is 16.7 Å². The van der Waals surface area contributed by atoms with Gasteiger partial charge in [0.05, 0.1) is 28.2 Å². The van der Waals surface area contributed by atoms with Crippen molar-refractivity contribution in [1.29, 1.82) is 0 Å². The summed E-state index contributed by atoms with van der Waals surface area (Å²) in [5, 5.41) is 24.0. The summed E-state index contributed by atoms with van der Waals surface area (Å²) in [6.45, 7) is 0. The number of hydrogen-bond donors (Lipinski definition) is 4. The topological polar surface area (TPSA) is 133 Å². The van der Waals surface area contributed by atoms with Gasteiger partial charge in [0.2, 0.25) is 11.8 Å². The van der Waals surface area contributed by atoms with Crippen molar-refractivity contribution in [2.24, 2.45) is 11.8 Å². The van der Waals surface area contributed by atoms with Crippen LogP contribution in [0.1, 0.15) is 23.2 Å². The number of aliphatic carboxylic acids is 1. The number of carbonyl (C=O) groups excluding carboxylic acids is 2. The molecular weight excluding hydrogens is 468 g/mol. The molecule has 1 aliphatic carbocycles. The van der Waals surface area contributed by atoms with Crippen LogP contribution in [0.15, 0.2) is 59.5 Å². The highest BCUT2D eigenvalue weighted by atomic mass is 35.5. The van der Waals surface area contributed by atoms with Crippen molar-refractivity contribution in [1.82, 2.24) is 0 Å². The zero-order chi connectivity index (χ0) is 24.0. The quantitative estimate of drug-likeness (QED) is 0.320. The number of benzene rings is 2. The van der Waals surface area contributed by atoms with Gasteiger partial charge in [-0.25, -0.2) is 4.79 Å². The maximum absolute atomic E-state index is 12.6. The Morgan fingerprint density at radius 1 is 0.939 bits per heavy atom. The smallest absolute Gasteiger partial charge is 0.337 e. The van der Waals surface area contributed by atoms with E-state index in [-0.39, 0.29) is 28.2 Å². The van der Waals surface area contributed by atoms with Gasteiger partial charge in [-0.05, 0) is 49.2 Å². The summed E-state index contributed by atoms with van der Waals surface area (Å²) >= 11 is 7.07. The molecule has 172 valence electrons. The van der Waals surface area contributed by atoms with Gasteiger partial charge >= 0.3 is 11.9 Å². The SMILES string of the molecule is O=C(CSc1cccc(NC(=O)C2CC=CCC2C(=O)O)c1)Nc1ccc(Cl)c(C(=O)O)c1. The van der Waals surface area contributed by atoms with Crippen LogP contribution in [-0.4, -0.2) is 39.7 Å². The Morgan fingerprint density at radius 2 is 1.64 bits per heavy atom. The lowest BCUT2D eigenvalue weighted by atomic mass is 9.82. The first-order chi connectivity index (χ1) is 15.7. The van der Waals surface area contributed by atoms with Gasteiger partial charge in [0, 0.05) is 16.3 Å². The molecule has 0 saturated heterocycles. The lowest BCUT2D eigenvalue weighted by Crippen LogP contribution is -2.34. The van der Waals surface area contributed by atoms with Crippen LogP contribution in [0.25, 0.3) is 0 Å². The highest BCUT2D eigenvalue weighted by molar-refractivity contribution is 8.00. The number of rotatable bonds is 8. The first kappa shape index (κ1) is 24.3. The normalized spacial score (nSPS) is 17.2. The van der Waals surface area contributed by atoms with Crippen molar-refractivity contribution < 1.29 is 29.4 Å². The Bertz CT molecular complexity index is 1120. The van der Waals surface area contributed by atoms with Crippen LogP contribution in [0.2, 0.25) is 5.02 Å². The maximum atomic E-state index is 12.6. The predicted molar refractivity (Wildman–Crippen MR) is 126 cm³/mol. The molecule has 2 aromatic rings. The lowest BCUT2D eigenvalue weighted by molar-refractivity contribution is -0.146. The van der Waals surface area contributed by atoms with Gasteiger partial charge in [-0.2, -0.15) is 0 Å². The average Bonchev–Trinajstić information content (AvgIpc) is 2.79. The number of aromatic carboxylic acids is 1. The largest absolute Gasteiger partial charge is 0.481 e. The second kappa shape index (κ2) is 11.0. The number of hydrogen-bond acceptors (Lipinski definition) is 5. The Kier molecular flexibility index (Phi) is 8.13. The molecule has 10 heteroatoms. The fraction of sp³-hybridized carbons (Fsp3) is 0.217. The van der Waals surface area contributed by atoms with Crippen molar-refractivity contribution in [2.45, 2.75) is 17.7 Å². The Morgan fingerprint density at radius 3 is 2.33 bits per heavy atom. The molecule has 2 amide bonds. The molecule has 0 aromatic heterocycles. The molecule has 0 saturated carbocycles. The first-order valence-corrected chi connectivity index (χ1v) is 11.3. The number of carbonyl (C=O) groups is 4. The molecule has 0 radical (unpaired) electrons. The van der Waals surface area contributed by atoms with Crippen LogP contribution in [-0.2, 0) is 14.4 Å². The highest BCUT2D eigenvalue weighted by Crippen LogP contribution is 2.28. The monoisotopic (exact) mass is 488 g/mol. The Hall–Kier alpha value is -3.30. The van der Waals surface area contributed by atoms with Crippen LogP contribution in [0.4, 0.5) is 11.4 Å². The van der Waals surface area contributed by atoms with E-state index in [9.17, 15) is 24.3 Å². The third kappa shape index (κ3) is 6.59. The van der Waals surface area contributed by atoms with Crippen molar-refractivity contribution in [2.75, 3.05) is 16.4 Å². The van der Waals surface area contributed by atoms with E-state index in [1.54, 1.807) is 30.3 Å². The number of thioether (sulfide) groups is 1. The number of carboxylic acid groups (broad SMARTS) is 2. The molecule has 8 nitrogen and oxygen atoms in total. The van der Waals surface area contributed by atoms with Gasteiger partial charge in [0.1, 0.15) is 0 Å². The molecule has 0 heterocycles. The maximum Gasteiger partial charge on any atom is 0.337 e. The molecule has 1 aliphatic rings. The molecule has 0 spiro atoms. The van der Waals surface area contributed by atoms with E-state index < -0.39 is 23.8 Å². The van der Waals surface area contributed by atoms with E-state index in [0.717, 1.165) is 4.90 Å². The van der Waals surface area contributed by atoms with E-state index in [0.29, 0.717) is 24.2 Å². The molecule has 0 aliphatic heterocycles. The average molecular weight is 489 g/mol. The Balaban J connectivity index is 1.58. The third-order valence-corrected chi connectivity index (χ3v) is 6.36. The molecule has 4 N–H and O–H groups in total. The third-order valence-electron chi connectivity index (χ3n) is 5.04. The van der Waals surface area contributed by atoms with Crippen molar-refractivity contribution in [3.05, 3.63) is 65.2 Å². The van der Waals surface area contributed by atoms with Gasteiger partial charge in [-0.1, -0.05) is 29.8 Å². The number of amides is 2. The molecule has 2 atom stereocenters. The second-order valence-corrected chi connectivity index (χ2v) is 8.80. The minimum Gasteiger partial charge on any atom is -0.481 e. The summed E-state index contributed by atoms with van der Waals surface area (Å²) in [6, 6.07) is 11.1. The van der Waals surface area contributed by atoms with E-state index in [2.05, 4.69) is 10.6 Å². The number of allylic oxidation sites excluding steroid dienone is 2. The van der Waals surface area contributed by atoms with E-state index in [1.165, 1.54) is 30.0 Å². The van der Waals surface area contributed by atoms with Crippen LogP contribution >= 0.6 is 23.4 Å².